The number of ether oxygens (including phenoxy) is 1. The Morgan fingerprint density at radius 3 is 2.68 bits per heavy atom. The molecule has 1 fully saturated rings. The van der Waals surface area contributed by atoms with Gasteiger partial charge in [-0.25, -0.2) is 4.98 Å². The van der Waals surface area contributed by atoms with E-state index in [1.807, 2.05) is 42.2 Å². The first kappa shape index (κ1) is 24.6. The lowest BCUT2D eigenvalue weighted by Gasteiger charge is -2.28. The third-order valence-corrected chi connectivity index (χ3v) is 7.76. The average Bonchev–Trinajstić information content (AvgIpc) is 3.38. The number of nitro groups is 1. The van der Waals surface area contributed by atoms with Gasteiger partial charge in [0, 0.05) is 30.9 Å². The van der Waals surface area contributed by atoms with Crippen molar-refractivity contribution in [2.45, 2.75) is 32.7 Å². The van der Waals surface area contributed by atoms with Gasteiger partial charge in [0.15, 0.2) is 5.13 Å². The van der Waals surface area contributed by atoms with Crippen LogP contribution in [0.3, 0.4) is 0 Å². The molecule has 0 atom stereocenters. The molecule has 2 aromatic carbocycles. The molecule has 4 aromatic rings. The highest BCUT2D eigenvalue weighted by Crippen LogP contribution is 2.38. The minimum absolute atomic E-state index is 0.0626. The topological polar surface area (TPSA) is 102 Å². The molecular weight excluding hydrogens is 490 g/mol. The summed E-state index contributed by atoms with van der Waals surface area (Å²) in [5.41, 5.74) is 3.09. The third-order valence-electron chi connectivity index (χ3n) is 6.55. The van der Waals surface area contributed by atoms with Crippen molar-refractivity contribution >= 4 is 44.0 Å². The summed E-state index contributed by atoms with van der Waals surface area (Å²) < 4.78 is 6.42. The van der Waals surface area contributed by atoms with Gasteiger partial charge in [-0.3, -0.25) is 24.8 Å². The monoisotopic (exact) mass is 517 g/mol. The molecule has 2 aromatic heterocycles. The fourth-order valence-corrected chi connectivity index (χ4v) is 5.67. The Labute approximate surface area is 218 Å². The summed E-state index contributed by atoms with van der Waals surface area (Å²) in [6, 6.07) is 14.1. The number of anilines is 2. The van der Waals surface area contributed by atoms with Crippen molar-refractivity contribution < 1.29 is 14.5 Å². The number of carbonyl (C=O) groups excluding carboxylic acids is 1. The predicted molar refractivity (Wildman–Crippen MR) is 145 cm³/mol. The van der Waals surface area contributed by atoms with Gasteiger partial charge in [-0.05, 0) is 62.1 Å². The van der Waals surface area contributed by atoms with E-state index in [0.29, 0.717) is 27.8 Å². The van der Waals surface area contributed by atoms with Crippen molar-refractivity contribution in [3.8, 4) is 5.75 Å². The molecule has 1 aliphatic heterocycles. The molecule has 0 radical (unpaired) electrons. The van der Waals surface area contributed by atoms with E-state index in [1.54, 1.807) is 25.4 Å². The van der Waals surface area contributed by atoms with Crippen LogP contribution in [0.5, 0.6) is 5.75 Å². The number of nitro benzene ring substituents is 1. The normalized spacial score (nSPS) is 13.5. The Bertz CT molecular complexity index is 1450. The van der Waals surface area contributed by atoms with Gasteiger partial charge in [0.25, 0.3) is 11.6 Å². The summed E-state index contributed by atoms with van der Waals surface area (Å²) in [4.78, 5) is 38.3. The number of amides is 1. The number of methoxy groups -OCH3 is 1. The van der Waals surface area contributed by atoms with Crippen molar-refractivity contribution in [3.05, 3.63) is 81.7 Å². The van der Waals surface area contributed by atoms with Gasteiger partial charge < -0.3 is 9.64 Å². The van der Waals surface area contributed by atoms with Crippen molar-refractivity contribution in [1.29, 1.82) is 0 Å². The standard InChI is InChI=1S/C27H27N5O4S/c1-18-9-12-23(36-2)24-25(18)37-27(29-24)31(17-20-8-4-5-13-28-20)26(33)19-10-11-21(22(16-19)32(34)35)30-14-6-3-7-15-30/h4-5,8-13,16H,3,6-7,14-15,17H2,1-2H3. The molecule has 0 saturated carbocycles. The molecule has 1 amide bonds. The third kappa shape index (κ3) is 4.97. The zero-order valence-electron chi connectivity index (χ0n) is 20.7. The molecule has 10 heteroatoms. The van der Waals surface area contributed by atoms with Crippen molar-refractivity contribution in [1.82, 2.24) is 9.97 Å². The number of rotatable bonds is 7. The number of aromatic nitrogens is 2. The van der Waals surface area contributed by atoms with Crippen LogP contribution in [-0.4, -0.2) is 41.0 Å². The van der Waals surface area contributed by atoms with E-state index in [1.165, 1.54) is 22.3 Å². The molecule has 0 spiro atoms. The van der Waals surface area contributed by atoms with Crippen LogP contribution in [-0.2, 0) is 6.54 Å². The number of pyridine rings is 1. The van der Waals surface area contributed by atoms with E-state index in [0.717, 1.165) is 42.6 Å². The van der Waals surface area contributed by atoms with Gasteiger partial charge in [-0.2, -0.15) is 0 Å². The number of thiazole rings is 1. The largest absolute Gasteiger partial charge is 0.494 e. The summed E-state index contributed by atoms with van der Waals surface area (Å²) >= 11 is 1.38. The molecule has 0 N–H and O–H groups in total. The highest BCUT2D eigenvalue weighted by atomic mass is 32.1. The fraction of sp³-hybridized carbons (Fsp3) is 0.296. The number of hydrogen-bond acceptors (Lipinski definition) is 8. The number of nitrogens with zero attached hydrogens (tertiary/aromatic N) is 5. The van der Waals surface area contributed by atoms with Gasteiger partial charge in [0.2, 0.25) is 0 Å². The summed E-state index contributed by atoms with van der Waals surface area (Å²) in [5.74, 6) is 0.240. The number of fused-ring (bicyclic) bond motifs is 1. The zero-order valence-corrected chi connectivity index (χ0v) is 21.5. The van der Waals surface area contributed by atoms with E-state index in [2.05, 4.69) is 4.98 Å². The summed E-state index contributed by atoms with van der Waals surface area (Å²) in [5, 5.41) is 12.5. The minimum atomic E-state index is -0.407. The molecule has 3 heterocycles. The zero-order chi connectivity index (χ0) is 25.9. The lowest BCUT2D eigenvalue weighted by molar-refractivity contribution is -0.384. The molecule has 190 valence electrons. The van der Waals surface area contributed by atoms with Crippen LogP contribution in [0.1, 0.15) is 40.9 Å². The van der Waals surface area contributed by atoms with Gasteiger partial charge in [0.05, 0.1) is 29.0 Å². The minimum Gasteiger partial charge on any atom is -0.494 e. The predicted octanol–water partition coefficient (Wildman–Crippen LogP) is 5.75. The Morgan fingerprint density at radius 2 is 1.97 bits per heavy atom. The molecule has 0 aliphatic carbocycles. The van der Waals surface area contributed by atoms with Crippen LogP contribution >= 0.6 is 11.3 Å². The van der Waals surface area contributed by atoms with Crippen LogP contribution in [0.15, 0.2) is 54.7 Å². The number of benzene rings is 2. The van der Waals surface area contributed by atoms with Gasteiger partial charge in [-0.1, -0.05) is 23.5 Å². The maximum Gasteiger partial charge on any atom is 0.293 e. The second-order valence-corrected chi connectivity index (χ2v) is 9.96. The molecular formula is C27H27N5O4S. The molecule has 1 saturated heterocycles. The summed E-state index contributed by atoms with van der Waals surface area (Å²) in [7, 11) is 1.59. The second kappa shape index (κ2) is 10.5. The molecule has 0 bridgehead atoms. The maximum atomic E-state index is 13.9. The SMILES string of the molecule is COc1ccc(C)c2sc(N(Cc3ccccn3)C(=O)c3ccc(N4CCCCC4)c([N+](=O)[O-])c3)nc12. The van der Waals surface area contributed by atoms with Crippen LogP contribution in [0.2, 0.25) is 0 Å². The van der Waals surface area contributed by atoms with E-state index < -0.39 is 4.92 Å². The lowest BCUT2D eigenvalue weighted by Crippen LogP contribution is -2.32. The molecule has 1 aliphatic rings. The van der Waals surface area contributed by atoms with Crippen LogP contribution in [0, 0.1) is 17.0 Å². The van der Waals surface area contributed by atoms with Crippen molar-refractivity contribution in [2.75, 3.05) is 30.0 Å². The Morgan fingerprint density at radius 1 is 1.16 bits per heavy atom. The van der Waals surface area contributed by atoms with Crippen LogP contribution in [0.4, 0.5) is 16.5 Å². The van der Waals surface area contributed by atoms with Crippen molar-refractivity contribution in [3.63, 3.8) is 0 Å². The van der Waals surface area contributed by atoms with E-state index in [4.69, 9.17) is 9.72 Å². The number of hydrogen-bond donors (Lipinski definition) is 0. The van der Waals surface area contributed by atoms with Crippen LogP contribution in [0.25, 0.3) is 10.2 Å². The molecule has 37 heavy (non-hydrogen) atoms. The second-order valence-electron chi connectivity index (χ2n) is 8.98. The Balaban J connectivity index is 1.58. The molecule has 0 unspecified atom stereocenters. The van der Waals surface area contributed by atoms with Crippen molar-refractivity contribution in [2.24, 2.45) is 0 Å². The maximum absolute atomic E-state index is 13.9. The number of aryl methyl sites for hydroxylation is 1. The average molecular weight is 518 g/mol. The van der Waals surface area contributed by atoms with Gasteiger partial charge in [-0.15, -0.1) is 0 Å². The van der Waals surface area contributed by atoms with E-state index in [9.17, 15) is 14.9 Å². The fourth-order valence-electron chi connectivity index (χ4n) is 4.62. The Hall–Kier alpha value is -4.05. The Kier molecular flexibility index (Phi) is 7.00. The van der Waals surface area contributed by atoms with Gasteiger partial charge >= 0.3 is 0 Å². The summed E-state index contributed by atoms with van der Waals surface area (Å²) in [6.07, 6.45) is 4.78. The first-order valence-corrected chi connectivity index (χ1v) is 13.0. The first-order chi connectivity index (χ1) is 18.0. The lowest BCUT2D eigenvalue weighted by atomic mass is 10.1. The van der Waals surface area contributed by atoms with Gasteiger partial charge in [0.1, 0.15) is 17.0 Å². The van der Waals surface area contributed by atoms with Crippen LogP contribution < -0.4 is 14.5 Å². The molecule has 9 nitrogen and oxygen atoms in total. The molecule has 5 rings (SSSR count). The highest BCUT2D eigenvalue weighted by molar-refractivity contribution is 7.22. The number of piperidine rings is 1. The smallest absolute Gasteiger partial charge is 0.293 e. The first-order valence-electron chi connectivity index (χ1n) is 12.2. The van der Waals surface area contributed by atoms with E-state index in [-0.39, 0.29) is 23.7 Å². The number of carbonyl (C=O) groups is 1. The quantitative estimate of drug-likeness (QED) is 0.227. The van der Waals surface area contributed by atoms with E-state index >= 15 is 0 Å². The summed E-state index contributed by atoms with van der Waals surface area (Å²) in [6.45, 7) is 3.69. The highest BCUT2D eigenvalue weighted by Gasteiger charge is 2.28.